The first-order valence-corrected chi connectivity index (χ1v) is 11.0. The molecule has 0 amide bonds. The van der Waals surface area contributed by atoms with E-state index in [-0.39, 0.29) is 59.0 Å². The van der Waals surface area contributed by atoms with Crippen LogP contribution in [0, 0.1) is 17.8 Å². The number of ketones is 2. The lowest BCUT2D eigenvalue weighted by Crippen LogP contribution is -2.59. The molecule has 1 saturated heterocycles. The fourth-order valence-corrected chi connectivity index (χ4v) is 6.08. The molecule has 5 aliphatic rings. The number of phenols is 3. The summed E-state index contributed by atoms with van der Waals surface area (Å²) in [5.74, 6) is -5.24. The van der Waals surface area contributed by atoms with Crippen LogP contribution in [0.25, 0.3) is 0 Å². The Labute approximate surface area is 193 Å². The number of benzene rings is 2. The summed E-state index contributed by atoms with van der Waals surface area (Å²) in [4.78, 5) is 26.4. The number of Topliss-reactive ketones (excluding diaryl/α,β-unsaturated/α-hetero) is 2. The van der Waals surface area contributed by atoms with Crippen molar-refractivity contribution in [2.24, 2.45) is 17.8 Å². The average Bonchev–Trinajstić information content (AvgIpc) is 3.10. The predicted octanol–water partition coefficient (Wildman–Crippen LogP) is 2.02. The van der Waals surface area contributed by atoms with Crippen LogP contribution in [0.1, 0.15) is 28.3 Å². The molecule has 7 rings (SSSR count). The SMILES string of the molecule is COc1cc(C2C3C(=O)[C@]4(O)OCC2C4C=C3[C@@H]2CC(=O)c3c(O)cc(O)cc3O2)ccc1O. The van der Waals surface area contributed by atoms with Gasteiger partial charge in [0, 0.05) is 29.9 Å². The number of rotatable bonds is 3. The van der Waals surface area contributed by atoms with Gasteiger partial charge in [-0.1, -0.05) is 12.1 Å². The van der Waals surface area contributed by atoms with Gasteiger partial charge < -0.3 is 34.6 Å². The third-order valence-corrected chi connectivity index (χ3v) is 7.54. The number of carbonyl (C=O) groups is 2. The third-order valence-electron chi connectivity index (χ3n) is 7.54. The molecule has 4 bridgehead atoms. The molecule has 2 aromatic carbocycles. The van der Waals surface area contributed by atoms with Crippen molar-refractivity contribution in [1.82, 2.24) is 0 Å². The molecule has 34 heavy (non-hydrogen) atoms. The summed E-state index contributed by atoms with van der Waals surface area (Å²) in [6.07, 6.45) is 0.856. The van der Waals surface area contributed by atoms with Crippen LogP contribution in [0.4, 0.5) is 0 Å². The van der Waals surface area contributed by atoms with Crippen molar-refractivity contribution < 1.29 is 44.2 Å². The molecule has 176 valence electrons. The molecular weight excluding hydrogens is 444 g/mol. The summed E-state index contributed by atoms with van der Waals surface area (Å²) < 4.78 is 16.9. The lowest BCUT2D eigenvalue weighted by atomic mass is 9.55. The highest BCUT2D eigenvalue weighted by Gasteiger charge is 2.67. The minimum atomic E-state index is -1.93. The van der Waals surface area contributed by atoms with Crippen molar-refractivity contribution in [3.63, 3.8) is 0 Å². The van der Waals surface area contributed by atoms with Crippen LogP contribution in [0.2, 0.25) is 0 Å². The average molecular weight is 466 g/mol. The van der Waals surface area contributed by atoms with E-state index in [9.17, 15) is 30.0 Å². The van der Waals surface area contributed by atoms with Gasteiger partial charge in [0.1, 0.15) is 28.9 Å². The van der Waals surface area contributed by atoms with Crippen molar-refractivity contribution in [2.75, 3.05) is 13.7 Å². The zero-order valence-electron chi connectivity index (χ0n) is 18.1. The van der Waals surface area contributed by atoms with Crippen LogP contribution < -0.4 is 9.47 Å². The number of aliphatic hydroxyl groups is 1. The molecule has 0 spiro atoms. The number of hydrogen-bond donors (Lipinski definition) is 4. The van der Waals surface area contributed by atoms with E-state index in [0.29, 0.717) is 5.57 Å². The van der Waals surface area contributed by atoms with Crippen LogP contribution in [0.15, 0.2) is 42.0 Å². The predicted molar refractivity (Wildman–Crippen MR) is 115 cm³/mol. The zero-order chi connectivity index (χ0) is 23.9. The van der Waals surface area contributed by atoms with E-state index < -0.39 is 35.4 Å². The summed E-state index contributed by atoms with van der Waals surface area (Å²) in [6, 6.07) is 7.20. The second-order valence-corrected chi connectivity index (χ2v) is 9.23. The first-order valence-electron chi connectivity index (χ1n) is 11.0. The van der Waals surface area contributed by atoms with Crippen LogP contribution in [0.3, 0.4) is 0 Å². The van der Waals surface area contributed by atoms with Crippen LogP contribution >= 0.6 is 0 Å². The Morgan fingerprint density at radius 2 is 1.88 bits per heavy atom. The maximum Gasteiger partial charge on any atom is 0.233 e. The van der Waals surface area contributed by atoms with Crippen molar-refractivity contribution >= 4 is 11.6 Å². The van der Waals surface area contributed by atoms with E-state index in [1.54, 1.807) is 18.2 Å². The molecule has 9 heteroatoms. The van der Waals surface area contributed by atoms with Crippen molar-refractivity contribution in [3.8, 4) is 28.7 Å². The highest BCUT2D eigenvalue weighted by atomic mass is 16.6. The fraction of sp³-hybridized carbons (Fsp3) is 0.360. The Balaban J connectivity index is 1.45. The minimum Gasteiger partial charge on any atom is -0.508 e. The number of aromatic hydroxyl groups is 3. The van der Waals surface area contributed by atoms with Gasteiger partial charge in [-0.05, 0) is 23.3 Å². The van der Waals surface area contributed by atoms with E-state index in [2.05, 4.69) is 0 Å². The quantitative estimate of drug-likeness (QED) is 0.500. The smallest absolute Gasteiger partial charge is 0.233 e. The number of carbonyl (C=O) groups excluding carboxylic acids is 2. The van der Waals surface area contributed by atoms with Crippen LogP contribution in [0.5, 0.6) is 28.7 Å². The monoisotopic (exact) mass is 466 g/mol. The second-order valence-electron chi connectivity index (χ2n) is 9.23. The Morgan fingerprint density at radius 1 is 1.09 bits per heavy atom. The molecule has 0 aromatic heterocycles. The number of hydrogen-bond acceptors (Lipinski definition) is 9. The standard InChI is InChI=1S/C25H22O9/c1-32-19-4-10(2-3-15(19)27)21-13-9-33-25(31)14(13)7-12(22(21)24(25)30)18-8-17(29)23-16(28)5-11(26)6-20(23)34-18/h2-7,13-14,18,21-22,26-28,31H,8-9H2,1H3/t13?,14?,18-,21?,22?,25+/m0/s1. The normalized spacial score (nSPS) is 33.4. The van der Waals surface area contributed by atoms with Gasteiger partial charge in [0.05, 0.1) is 26.1 Å². The molecule has 0 radical (unpaired) electrons. The van der Waals surface area contributed by atoms with Crippen molar-refractivity contribution in [3.05, 3.63) is 53.1 Å². The fourth-order valence-electron chi connectivity index (χ4n) is 6.08. The number of ether oxygens (including phenoxy) is 3. The summed E-state index contributed by atoms with van der Waals surface area (Å²) in [7, 11) is 1.43. The Kier molecular flexibility index (Phi) is 4.31. The molecule has 1 saturated carbocycles. The number of fused-ring (bicyclic) bond motifs is 1. The maximum absolute atomic E-state index is 13.5. The summed E-state index contributed by atoms with van der Waals surface area (Å²) >= 11 is 0. The van der Waals surface area contributed by atoms with E-state index in [4.69, 9.17) is 14.2 Å². The first-order chi connectivity index (χ1) is 16.2. The molecule has 2 aliphatic heterocycles. The lowest BCUT2D eigenvalue weighted by molar-refractivity contribution is -0.204. The number of methoxy groups -OCH3 is 1. The molecule has 4 unspecified atom stereocenters. The van der Waals surface area contributed by atoms with Gasteiger partial charge in [0.25, 0.3) is 0 Å². The van der Waals surface area contributed by atoms with Crippen LogP contribution in [-0.4, -0.2) is 57.6 Å². The molecule has 9 nitrogen and oxygen atoms in total. The molecule has 6 atom stereocenters. The molecule has 3 aliphatic carbocycles. The van der Waals surface area contributed by atoms with Gasteiger partial charge in [0.15, 0.2) is 23.1 Å². The van der Waals surface area contributed by atoms with Gasteiger partial charge in [-0.3, -0.25) is 9.59 Å². The first kappa shape index (κ1) is 21.0. The summed E-state index contributed by atoms with van der Waals surface area (Å²) in [5.41, 5.74) is 1.28. The van der Waals surface area contributed by atoms with E-state index in [0.717, 1.165) is 11.6 Å². The van der Waals surface area contributed by atoms with Gasteiger partial charge in [-0.2, -0.15) is 0 Å². The van der Waals surface area contributed by atoms with Gasteiger partial charge >= 0.3 is 0 Å². The Hall–Kier alpha value is -3.56. The van der Waals surface area contributed by atoms with E-state index in [1.807, 2.05) is 0 Å². The second kappa shape index (κ2) is 6.97. The molecule has 2 heterocycles. The number of phenolic OH excluding ortho intramolecular Hbond substituents is 3. The lowest BCUT2D eigenvalue weighted by Gasteiger charge is -2.49. The summed E-state index contributed by atoms with van der Waals surface area (Å²) in [6.45, 7) is 0.177. The largest absolute Gasteiger partial charge is 0.508 e. The summed E-state index contributed by atoms with van der Waals surface area (Å²) in [5, 5.41) is 41.1. The molecule has 2 aromatic rings. The topological polar surface area (TPSA) is 143 Å². The molecule has 4 N–H and O–H groups in total. The van der Waals surface area contributed by atoms with Gasteiger partial charge in [-0.15, -0.1) is 0 Å². The van der Waals surface area contributed by atoms with Gasteiger partial charge in [-0.25, -0.2) is 0 Å². The van der Waals surface area contributed by atoms with E-state index in [1.165, 1.54) is 19.2 Å². The zero-order valence-corrected chi connectivity index (χ0v) is 18.1. The van der Waals surface area contributed by atoms with Crippen molar-refractivity contribution in [2.45, 2.75) is 24.2 Å². The molecule has 2 fully saturated rings. The minimum absolute atomic E-state index is 0.0104. The Bertz CT molecular complexity index is 1280. The van der Waals surface area contributed by atoms with E-state index >= 15 is 0 Å². The van der Waals surface area contributed by atoms with Crippen molar-refractivity contribution in [1.29, 1.82) is 0 Å². The van der Waals surface area contributed by atoms with Gasteiger partial charge in [0.2, 0.25) is 5.79 Å². The highest BCUT2D eigenvalue weighted by Crippen LogP contribution is 2.60. The molecular formula is C25H22O9. The Morgan fingerprint density at radius 3 is 2.65 bits per heavy atom. The highest BCUT2D eigenvalue weighted by molar-refractivity contribution is 6.03. The maximum atomic E-state index is 13.5. The third kappa shape index (κ3) is 2.68. The van der Waals surface area contributed by atoms with Crippen LogP contribution in [-0.2, 0) is 9.53 Å².